The van der Waals surface area contributed by atoms with E-state index in [4.69, 9.17) is 5.73 Å². The van der Waals surface area contributed by atoms with E-state index < -0.39 is 5.41 Å². The number of carbonyl (C=O) groups is 2. The average Bonchev–Trinajstić information content (AvgIpc) is 2.92. The largest absolute Gasteiger partial charge is 0.405 e. The van der Waals surface area contributed by atoms with E-state index in [1.54, 1.807) is 39.1 Å². The molecule has 1 aromatic carbocycles. The summed E-state index contributed by atoms with van der Waals surface area (Å²) in [5.41, 5.74) is 11.5. The fraction of sp³-hybridized carbons (Fsp3) is 0.258. The lowest BCUT2D eigenvalue weighted by Gasteiger charge is -2.16. The number of anilines is 1. The number of aryl methyl sites for hydroxylation is 2. The first-order valence-electron chi connectivity index (χ1n) is 12.6. The summed E-state index contributed by atoms with van der Waals surface area (Å²) >= 11 is 0. The number of rotatable bonds is 8. The summed E-state index contributed by atoms with van der Waals surface area (Å²) in [6.07, 6.45) is 6.52. The molecular weight excluding hydrogens is 488 g/mol. The molecule has 4 N–H and O–H groups in total. The van der Waals surface area contributed by atoms with Gasteiger partial charge in [-0.25, -0.2) is 0 Å². The number of hydrogen-bond donors (Lipinski definition) is 3. The normalized spacial score (nSPS) is 12.6. The molecule has 0 saturated carbocycles. The van der Waals surface area contributed by atoms with Gasteiger partial charge in [0.25, 0.3) is 5.91 Å². The van der Waals surface area contributed by atoms with Crippen molar-refractivity contribution in [3.63, 3.8) is 0 Å². The summed E-state index contributed by atoms with van der Waals surface area (Å²) in [6, 6.07) is 15.1. The van der Waals surface area contributed by atoms with Gasteiger partial charge in [-0.05, 0) is 98.6 Å². The highest BCUT2D eigenvalue weighted by atomic mass is 16.2. The number of hydrogen-bond acceptors (Lipinski definition) is 6. The number of amides is 2. The van der Waals surface area contributed by atoms with Gasteiger partial charge in [0.1, 0.15) is 0 Å². The van der Waals surface area contributed by atoms with Gasteiger partial charge in [0.05, 0.1) is 28.8 Å². The van der Waals surface area contributed by atoms with Crippen LogP contribution in [0.15, 0.2) is 67.0 Å². The molecule has 0 aliphatic carbocycles. The summed E-state index contributed by atoms with van der Waals surface area (Å²) in [6.45, 7) is 9.24. The van der Waals surface area contributed by atoms with Crippen molar-refractivity contribution in [1.29, 1.82) is 5.26 Å². The predicted octanol–water partition coefficient (Wildman–Crippen LogP) is 5.05. The Morgan fingerprint density at radius 1 is 1.13 bits per heavy atom. The Hall–Kier alpha value is -4.77. The van der Waals surface area contributed by atoms with E-state index in [0.717, 1.165) is 28.0 Å². The zero-order chi connectivity index (χ0) is 28.7. The summed E-state index contributed by atoms with van der Waals surface area (Å²) in [7, 11) is 1.60. The van der Waals surface area contributed by atoms with E-state index >= 15 is 0 Å². The molecule has 0 fully saturated rings. The number of carbonyl (C=O) groups excluding carboxylic acids is 2. The van der Waals surface area contributed by atoms with E-state index in [1.807, 2.05) is 57.2 Å². The zero-order valence-corrected chi connectivity index (χ0v) is 23.2. The van der Waals surface area contributed by atoms with Gasteiger partial charge in [-0.3, -0.25) is 19.6 Å². The Labute approximate surface area is 229 Å². The third kappa shape index (κ3) is 6.96. The third-order valence-electron chi connectivity index (χ3n) is 6.36. The van der Waals surface area contributed by atoms with Crippen molar-refractivity contribution in [2.45, 2.75) is 40.0 Å². The molecule has 200 valence electrons. The fourth-order valence-electron chi connectivity index (χ4n) is 4.06. The van der Waals surface area contributed by atoms with Crippen LogP contribution in [0.3, 0.4) is 0 Å². The lowest BCUT2D eigenvalue weighted by atomic mass is 9.90. The first kappa shape index (κ1) is 28.8. The molecule has 8 heteroatoms. The molecule has 0 bridgehead atoms. The van der Waals surface area contributed by atoms with Gasteiger partial charge in [-0.1, -0.05) is 19.1 Å². The van der Waals surface area contributed by atoms with Gasteiger partial charge >= 0.3 is 0 Å². The molecule has 0 aliphatic heterocycles. The Morgan fingerprint density at radius 2 is 1.87 bits per heavy atom. The highest BCUT2D eigenvalue weighted by Crippen LogP contribution is 2.30. The maximum atomic E-state index is 13.1. The Bertz CT molecular complexity index is 1500. The average molecular weight is 523 g/mol. The first-order valence-corrected chi connectivity index (χ1v) is 12.6. The Balaban J connectivity index is 1.98. The summed E-state index contributed by atoms with van der Waals surface area (Å²) in [4.78, 5) is 34.1. The second-order valence-electron chi connectivity index (χ2n) is 9.92. The van der Waals surface area contributed by atoms with Crippen molar-refractivity contribution in [3.8, 4) is 17.2 Å². The third-order valence-corrected chi connectivity index (χ3v) is 6.36. The zero-order valence-electron chi connectivity index (χ0n) is 23.2. The van der Waals surface area contributed by atoms with Crippen molar-refractivity contribution in [2.24, 2.45) is 11.7 Å². The van der Waals surface area contributed by atoms with E-state index in [0.29, 0.717) is 22.6 Å². The van der Waals surface area contributed by atoms with Crippen molar-refractivity contribution in [3.05, 3.63) is 95.2 Å². The molecule has 0 aliphatic rings. The maximum Gasteiger partial charge on any atom is 0.255 e. The second-order valence-corrected chi connectivity index (χ2v) is 9.92. The van der Waals surface area contributed by atoms with Crippen LogP contribution >= 0.6 is 0 Å². The SMILES string of the molecule is CNC(=O)C(C)/C=C(\C=C/N)c1cc(-c2cc(NC(=O)c3ccnc(C(C)(C)C#N)c3)ccc2C)cc(C)n1. The van der Waals surface area contributed by atoms with Gasteiger partial charge in [0.2, 0.25) is 5.91 Å². The predicted molar refractivity (Wildman–Crippen MR) is 155 cm³/mol. The highest BCUT2D eigenvalue weighted by molar-refractivity contribution is 6.04. The number of allylic oxidation sites excluding steroid dienone is 2. The van der Waals surface area contributed by atoms with Crippen molar-refractivity contribution in [2.75, 3.05) is 12.4 Å². The molecule has 1 atom stereocenters. The molecule has 3 rings (SSSR count). The van der Waals surface area contributed by atoms with Crippen LogP contribution < -0.4 is 16.4 Å². The fourth-order valence-corrected chi connectivity index (χ4v) is 4.06. The van der Waals surface area contributed by atoms with Gasteiger partial charge in [-0.2, -0.15) is 5.26 Å². The van der Waals surface area contributed by atoms with Gasteiger partial charge in [0.15, 0.2) is 0 Å². The number of aromatic nitrogens is 2. The highest BCUT2D eigenvalue weighted by Gasteiger charge is 2.22. The molecule has 0 saturated heterocycles. The number of nitrogens with one attached hydrogen (secondary N) is 2. The quantitative estimate of drug-likeness (QED) is 0.354. The van der Waals surface area contributed by atoms with Crippen LogP contribution in [0.1, 0.15) is 53.8 Å². The summed E-state index contributed by atoms with van der Waals surface area (Å²) in [5, 5.41) is 15.0. The van der Waals surface area contributed by atoms with Gasteiger partial charge < -0.3 is 16.4 Å². The van der Waals surface area contributed by atoms with Gasteiger partial charge in [0, 0.05) is 30.2 Å². The molecule has 0 radical (unpaired) electrons. The monoisotopic (exact) mass is 522 g/mol. The van der Waals surface area contributed by atoms with E-state index in [1.165, 1.54) is 12.4 Å². The lowest BCUT2D eigenvalue weighted by molar-refractivity contribution is -0.122. The molecule has 3 aromatic rings. The van der Waals surface area contributed by atoms with Crippen LogP contribution in [0.25, 0.3) is 16.7 Å². The molecule has 0 spiro atoms. The molecule has 1 unspecified atom stereocenters. The molecular formula is C31H34N6O2. The number of benzene rings is 1. The first-order chi connectivity index (χ1) is 18.5. The number of pyridine rings is 2. The number of nitrogens with two attached hydrogens (primary N) is 1. The molecule has 2 amide bonds. The van der Waals surface area contributed by atoms with Crippen LogP contribution in [-0.4, -0.2) is 28.8 Å². The summed E-state index contributed by atoms with van der Waals surface area (Å²) < 4.78 is 0. The van der Waals surface area contributed by atoms with Crippen LogP contribution in [0, 0.1) is 31.1 Å². The van der Waals surface area contributed by atoms with E-state index in [2.05, 4.69) is 26.7 Å². The van der Waals surface area contributed by atoms with Crippen LogP contribution in [0.4, 0.5) is 5.69 Å². The van der Waals surface area contributed by atoms with Crippen molar-refractivity contribution >= 4 is 23.1 Å². The molecule has 8 nitrogen and oxygen atoms in total. The standard InChI is InChI=1S/C31H34N6O2/c1-19-7-8-25(37-30(39)23-10-12-35-28(16-23)31(4,5)18-33)17-26(19)24-14-21(3)36-27(15-24)22(9-11-32)13-20(2)29(38)34-6/h7-17,20H,32H2,1-6H3,(H,34,38)(H,37,39)/b11-9-,22-13+. The Morgan fingerprint density at radius 3 is 2.54 bits per heavy atom. The van der Waals surface area contributed by atoms with Gasteiger partial charge in [-0.15, -0.1) is 0 Å². The minimum absolute atomic E-state index is 0.109. The molecule has 2 aromatic heterocycles. The lowest BCUT2D eigenvalue weighted by Crippen LogP contribution is -2.24. The van der Waals surface area contributed by atoms with Crippen LogP contribution in [0.5, 0.6) is 0 Å². The topological polar surface area (TPSA) is 134 Å². The minimum Gasteiger partial charge on any atom is -0.405 e. The molecule has 2 heterocycles. The van der Waals surface area contributed by atoms with E-state index in [9.17, 15) is 14.9 Å². The number of nitriles is 1. The number of nitrogens with zero attached hydrogens (tertiary/aromatic N) is 3. The second kappa shape index (κ2) is 12.2. The van der Waals surface area contributed by atoms with E-state index in [-0.39, 0.29) is 17.7 Å². The minimum atomic E-state index is -0.811. The maximum absolute atomic E-state index is 13.1. The smallest absolute Gasteiger partial charge is 0.255 e. The van der Waals surface area contributed by atoms with Crippen molar-refractivity contribution < 1.29 is 9.59 Å². The Kier molecular flexibility index (Phi) is 9.00. The molecule has 39 heavy (non-hydrogen) atoms. The van der Waals surface area contributed by atoms with Crippen molar-refractivity contribution in [1.82, 2.24) is 15.3 Å². The summed E-state index contributed by atoms with van der Waals surface area (Å²) in [5.74, 6) is -0.780. The van der Waals surface area contributed by atoms with Crippen LogP contribution in [0.2, 0.25) is 0 Å². The van der Waals surface area contributed by atoms with Crippen LogP contribution in [-0.2, 0) is 10.2 Å².